The molecule has 1 aromatic rings. The van der Waals surface area contributed by atoms with Crippen molar-refractivity contribution in [3.8, 4) is 0 Å². The van der Waals surface area contributed by atoms with Crippen LogP contribution in [0.1, 0.15) is 54.2 Å². The normalized spacial score (nSPS) is 13.1. The average Bonchev–Trinajstić information content (AvgIpc) is 2.54. The van der Waals surface area contributed by atoms with E-state index in [-0.39, 0.29) is 0 Å². The fourth-order valence-electron chi connectivity index (χ4n) is 1.64. The van der Waals surface area contributed by atoms with E-state index in [1.165, 1.54) is 41.3 Å². The molecule has 1 N–H and O–H groups in total. The minimum atomic E-state index is 0.453. The van der Waals surface area contributed by atoms with E-state index in [1.54, 1.807) is 0 Å². The summed E-state index contributed by atoms with van der Waals surface area (Å²) < 4.78 is 0. The molecule has 1 heterocycles. The Morgan fingerprint density at radius 2 is 2.07 bits per heavy atom. The van der Waals surface area contributed by atoms with E-state index in [9.17, 15) is 0 Å². The van der Waals surface area contributed by atoms with Crippen molar-refractivity contribution in [3.63, 3.8) is 0 Å². The Labute approximate surface area is 97.1 Å². The lowest BCUT2D eigenvalue weighted by Gasteiger charge is -2.12. The smallest absolute Gasteiger partial charge is 0.110 e. The second kappa shape index (κ2) is 6.23. The Bertz CT molecular complexity index is 274. The minimum Gasteiger partial charge on any atom is -0.311 e. The molecule has 0 spiro atoms. The van der Waals surface area contributed by atoms with Crippen LogP contribution in [-0.2, 0) is 0 Å². The first kappa shape index (κ1) is 12.7. The summed E-state index contributed by atoms with van der Waals surface area (Å²) in [7, 11) is 2.03. The number of nitrogens with zero attached hydrogens (tertiary/aromatic N) is 1. The molecule has 0 bridgehead atoms. The third-order valence-corrected chi connectivity index (χ3v) is 3.97. The average molecular weight is 226 g/mol. The van der Waals surface area contributed by atoms with E-state index in [4.69, 9.17) is 0 Å². The van der Waals surface area contributed by atoms with Gasteiger partial charge in [-0.1, -0.05) is 26.2 Å². The van der Waals surface area contributed by atoms with E-state index in [2.05, 4.69) is 31.1 Å². The van der Waals surface area contributed by atoms with Gasteiger partial charge in [0.15, 0.2) is 0 Å². The summed E-state index contributed by atoms with van der Waals surface area (Å²) in [5, 5.41) is 4.62. The number of aromatic nitrogens is 1. The van der Waals surface area contributed by atoms with Crippen LogP contribution < -0.4 is 5.32 Å². The summed E-state index contributed by atoms with van der Waals surface area (Å²) in [5.74, 6) is 0. The second-order valence-electron chi connectivity index (χ2n) is 4.03. The summed E-state index contributed by atoms with van der Waals surface area (Å²) >= 11 is 1.83. The van der Waals surface area contributed by atoms with Gasteiger partial charge in [-0.25, -0.2) is 4.98 Å². The van der Waals surface area contributed by atoms with Crippen molar-refractivity contribution in [3.05, 3.63) is 15.6 Å². The quantitative estimate of drug-likeness (QED) is 0.750. The molecule has 1 unspecified atom stereocenters. The van der Waals surface area contributed by atoms with Crippen molar-refractivity contribution in [2.45, 2.75) is 52.5 Å². The van der Waals surface area contributed by atoms with Gasteiger partial charge in [-0.15, -0.1) is 11.3 Å². The fourth-order valence-corrected chi connectivity index (χ4v) is 2.70. The van der Waals surface area contributed by atoms with Crippen LogP contribution in [0.15, 0.2) is 0 Å². The molecule has 0 aliphatic rings. The molecule has 0 aromatic carbocycles. The Kier molecular flexibility index (Phi) is 5.26. The number of rotatable bonds is 6. The summed E-state index contributed by atoms with van der Waals surface area (Å²) in [6.07, 6.45) is 5.10. The molecular weight excluding hydrogens is 204 g/mol. The summed E-state index contributed by atoms with van der Waals surface area (Å²) in [4.78, 5) is 5.96. The first-order valence-corrected chi connectivity index (χ1v) is 6.61. The molecule has 86 valence electrons. The van der Waals surface area contributed by atoms with Crippen LogP contribution in [0.5, 0.6) is 0 Å². The largest absolute Gasteiger partial charge is 0.311 e. The predicted octanol–water partition coefficient (Wildman–Crippen LogP) is 3.60. The highest BCUT2D eigenvalue weighted by atomic mass is 32.1. The molecule has 3 heteroatoms. The number of thiazole rings is 1. The van der Waals surface area contributed by atoms with Crippen molar-refractivity contribution >= 4 is 11.3 Å². The van der Waals surface area contributed by atoms with Crippen LogP contribution in [0.4, 0.5) is 0 Å². The van der Waals surface area contributed by atoms with Gasteiger partial charge in [0.2, 0.25) is 0 Å². The van der Waals surface area contributed by atoms with Crippen molar-refractivity contribution < 1.29 is 0 Å². The van der Waals surface area contributed by atoms with Gasteiger partial charge in [0.1, 0.15) is 5.01 Å². The SMILES string of the molecule is CCCCCC(NC)c1nc(C)c(C)s1. The molecule has 0 saturated heterocycles. The zero-order chi connectivity index (χ0) is 11.3. The maximum atomic E-state index is 4.62. The molecule has 1 aromatic heterocycles. The van der Waals surface area contributed by atoms with Crippen molar-refractivity contribution in [2.75, 3.05) is 7.05 Å². The maximum Gasteiger partial charge on any atom is 0.110 e. The monoisotopic (exact) mass is 226 g/mol. The summed E-state index contributed by atoms with van der Waals surface area (Å²) in [6.45, 7) is 6.48. The molecule has 0 aliphatic heterocycles. The summed E-state index contributed by atoms with van der Waals surface area (Å²) in [6, 6.07) is 0.453. The lowest BCUT2D eigenvalue weighted by Crippen LogP contribution is -2.16. The van der Waals surface area contributed by atoms with E-state index >= 15 is 0 Å². The van der Waals surface area contributed by atoms with Crippen LogP contribution in [0, 0.1) is 13.8 Å². The van der Waals surface area contributed by atoms with Crippen LogP contribution in [0.3, 0.4) is 0 Å². The summed E-state index contributed by atoms with van der Waals surface area (Å²) in [5.41, 5.74) is 1.19. The highest BCUT2D eigenvalue weighted by molar-refractivity contribution is 7.11. The van der Waals surface area contributed by atoms with Crippen molar-refractivity contribution in [2.24, 2.45) is 0 Å². The highest BCUT2D eigenvalue weighted by Crippen LogP contribution is 2.26. The molecular formula is C12H22N2S. The number of hydrogen-bond acceptors (Lipinski definition) is 3. The Morgan fingerprint density at radius 3 is 2.53 bits per heavy atom. The zero-order valence-electron chi connectivity index (χ0n) is 10.3. The van der Waals surface area contributed by atoms with E-state index in [0.29, 0.717) is 6.04 Å². The zero-order valence-corrected chi connectivity index (χ0v) is 11.1. The van der Waals surface area contributed by atoms with Gasteiger partial charge >= 0.3 is 0 Å². The van der Waals surface area contributed by atoms with Crippen molar-refractivity contribution in [1.82, 2.24) is 10.3 Å². The van der Waals surface area contributed by atoms with Gasteiger partial charge in [0, 0.05) is 4.88 Å². The standard InChI is InChI=1S/C12H22N2S/c1-5-6-7-8-11(13-4)12-14-9(2)10(3)15-12/h11,13H,5-8H2,1-4H3. The van der Waals surface area contributed by atoms with Gasteiger partial charge in [-0.05, 0) is 27.3 Å². The highest BCUT2D eigenvalue weighted by Gasteiger charge is 2.13. The predicted molar refractivity (Wildman–Crippen MR) is 67.5 cm³/mol. The maximum absolute atomic E-state index is 4.62. The van der Waals surface area contributed by atoms with Crippen LogP contribution >= 0.6 is 11.3 Å². The number of hydrogen-bond donors (Lipinski definition) is 1. The van der Waals surface area contributed by atoms with Gasteiger partial charge in [-0.3, -0.25) is 0 Å². The first-order valence-electron chi connectivity index (χ1n) is 5.80. The molecule has 0 saturated carbocycles. The topological polar surface area (TPSA) is 24.9 Å². The molecule has 0 amide bonds. The third kappa shape index (κ3) is 3.58. The molecule has 0 fully saturated rings. The minimum absolute atomic E-state index is 0.453. The van der Waals surface area contributed by atoms with E-state index in [1.807, 2.05) is 18.4 Å². The third-order valence-electron chi connectivity index (χ3n) is 2.79. The van der Waals surface area contributed by atoms with E-state index in [0.717, 1.165) is 0 Å². The second-order valence-corrected chi connectivity index (χ2v) is 5.27. The van der Waals surface area contributed by atoms with Gasteiger partial charge < -0.3 is 5.32 Å². The van der Waals surface area contributed by atoms with Crippen LogP contribution in [0.25, 0.3) is 0 Å². The lowest BCUT2D eigenvalue weighted by atomic mass is 10.1. The Hall–Kier alpha value is -0.410. The van der Waals surface area contributed by atoms with E-state index < -0.39 is 0 Å². The Morgan fingerprint density at radius 1 is 1.33 bits per heavy atom. The molecule has 1 atom stereocenters. The molecule has 2 nitrogen and oxygen atoms in total. The first-order chi connectivity index (χ1) is 7.19. The van der Waals surface area contributed by atoms with Crippen molar-refractivity contribution in [1.29, 1.82) is 0 Å². The Balaban J connectivity index is 2.57. The number of aryl methyl sites for hydroxylation is 2. The lowest BCUT2D eigenvalue weighted by molar-refractivity contribution is 0.509. The number of unbranched alkanes of at least 4 members (excludes halogenated alkanes) is 2. The van der Waals surface area contributed by atoms with Crippen LogP contribution in [-0.4, -0.2) is 12.0 Å². The van der Waals surface area contributed by atoms with Gasteiger partial charge in [0.05, 0.1) is 11.7 Å². The molecule has 15 heavy (non-hydrogen) atoms. The van der Waals surface area contributed by atoms with Gasteiger partial charge in [0.25, 0.3) is 0 Å². The molecule has 0 radical (unpaired) electrons. The fraction of sp³-hybridized carbons (Fsp3) is 0.750. The van der Waals surface area contributed by atoms with Crippen LogP contribution in [0.2, 0.25) is 0 Å². The molecule has 0 aliphatic carbocycles. The molecule has 1 rings (SSSR count). The number of nitrogens with one attached hydrogen (secondary N) is 1. The van der Waals surface area contributed by atoms with Gasteiger partial charge in [-0.2, -0.15) is 0 Å².